The quantitative estimate of drug-likeness (QED) is 0.208. The highest BCUT2D eigenvalue weighted by molar-refractivity contribution is 6.30. The Morgan fingerprint density at radius 2 is 1.69 bits per heavy atom. The van der Waals surface area contributed by atoms with Crippen molar-refractivity contribution in [3.8, 4) is 0 Å². The monoisotopic (exact) mass is 568 g/mol. The Balaban J connectivity index is 1.87. The largest absolute Gasteiger partial charge is 0.460 e. The maximum Gasteiger partial charge on any atom is 0.407 e. The SMILES string of the molecule is CN(CC(=O)OCc1cccc(Cl)c1)NC(=O)C[C@@H](NC(=O)OC(C)(C)C)[C@H]1C[C@H]1CNC(=O)OC(C)(C)C. The molecule has 0 radical (unpaired) electrons. The minimum Gasteiger partial charge on any atom is -0.460 e. The molecule has 39 heavy (non-hydrogen) atoms. The van der Waals surface area contributed by atoms with Gasteiger partial charge >= 0.3 is 18.2 Å². The van der Waals surface area contributed by atoms with Gasteiger partial charge in [-0.3, -0.25) is 15.0 Å². The third-order valence-electron chi connectivity index (χ3n) is 5.48. The lowest BCUT2D eigenvalue weighted by atomic mass is 10.1. The number of nitrogens with one attached hydrogen (secondary N) is 3. The molecule has 1 fully saturated rings. The molecular formula is C27H41ClN4O7. The first kappa shape index (κ1) is 32.2. The van der Waals surface area contributed by atoms with Crippen LogP contribution in [0.3, 0.4) is 0 Å². The third kappa shape index (κ3) is 13.5. The fourth-order valence-electron chi connectivity index (χ4n) is 3.82. The highest BCUT2D eigenvalue weighted by Gasteiger charge is 2.45. The van der Waals surface area contributed by atoms with Crippen LogP contribution in [0.1, 0.15) is 59.9 Å². The minimum atomic E-state index is -0.705. The molecule has 1 aromatic carbocycles. The van der Waals surface area contributed by atoms with Gasteiger partial charge in [-0.05, 0) is 77.5 Å². The summed E-state index contributed by atoms with van der Waals surface area (Å²) >= 11 is 5.94. The molecule has 11 nitrogen and oxygen atoms in total. The summed E-state index contributed by atoms with van der Waals surface area (Å²) in [6.07, 6.45) is -0.500. The first-order valence-electron chi connectivity index (χ1n) is 12.9. The van der Waals surface area contributed by atoms with Crippen LogP contribution in [0.15, 0.2) is 24.3 Å². The zero-order valence-electron chi connectivity index (χ0n) is 23.8. The van der Waals surface area contributed by atoms with Crippen molar-refractivity contribution in [3.63, 3.8) is 0 Å². The molecule has 0 spiro atoms. The van der Waals surface area contributed by atoms with Crippen molar-refractivity contribution in [3.05, 3.63) is 34.9 Å². The number of carbonyl (C=O) groups excluding carboxylic acids is 4. The number of likely N-dealkylation sites (N-methyl/N-ethyl adjacent to an activating group) is 1. The van der Waals surface area contributed by atoms with Crippen LogP contribution < -0.4 is 16.1 Å². The van der Waals surface area contributed by atoms with Gasteiger partial charge in [-0.25, -0.2) is 14.6 Å². The Kier molecular flexibility index (Phi) is 11.4. The first-order valence-corrected chi connectivity index (χ1v) is 13.3. The number of benzene rings is 1. The summed E-state index contributed by atoms with van der Waals surface area (Å²) in [6, 6.07) is 6.44. The molecule has 3 N–H and O–H groups in total. The van der Waals surface area contributed by atoms with E-state index in [2.05, 4.69) is 16.1 Å². The van der Waals surface area contributed by atoms with E-state index < -0.39 is 41.3 Å². The molecule has 0 aromatic heterocycles. The number of nitrogens with zero attached hydrogens (tertiary/aromatic N) is 1. The Hall–Kier alpha value is -3.05. The summed E-state index contributed by atoms with van der Waals surface area (Å²) in [5.41, 5.74) is 2.07. The number of hydrogen-bond acceptors (Lipinski definition) is 8. The van der Waals surface area contributed by atoms with Gasteiger partial charge in [0.25, 0.3) is 0 Å². The van der Waals surface area contributed by atoms with Gasteiger partial charge in [-0.1, -0.05) is 23.7 Å². The molecule has 1 aliphatic carbocycles. The van der Waals surface area contributed by atoms with Crippen molar-refractivity contribution in [2.75, 3.05) is 20.1 Å². The number of alkyl carbamates (subject to hydrolysis) is 2. The Bertz CT molecular complexity index is 1020. The van der Waals surface area contributed by atoms with E-state index in [0.717, 1.165) is 5.56 Å². The van der Waals surface area contributed by atoms with Crippen LogP contribution in [-0.2, 0) is 30.4 Å². The number of ether oxygens (including phenoxy) is 3. The van der Waals surface area contributed by atoms with E-state index in [1.54, 1.807) is 72.9 Å². The number of esters is 1. The summed E-state index contributed by atoms with van der Waals surface area (Å²) in [4.78, 5) is 49.4. The second-order valence-electron chi connectivity index (χ2n) is 11.7. The highest BCUT2D eigenvalue weighted by atomic mass is 35.5. The van der Waals surface area contributed by atoms with Gasteiger partial charge in [0, 0.05) is 31.1 Å². The van der Waals surface area contributed by atoms with E-state index in [0.29, 0.717) is 18.0 Å². The van der Waals surface area contributed by atoms with Gasteiger partial charge < -0.3 is 24.8 Å². The molecule has 1 saturated carbocycles. The number of halogens is 1. The van der Waals surface area contributed by atoms with Crippen molar-refractivity contribution in [2.24, 2.45) is 11.8 Å². The number of rotatable bonds is 11. The van der Waals surface area contributed by atoms with E-state index in [-0.39, 0.29) is 31.4 Å². The van der Waals surface area contributed by atoms with Crippen LogP contribution in [0, 0.1) is 11.8 Å². The topological polar surface area (TPSA) is 135 Å². The molecule has 3 amide bonds. The molecule has 0 unspecified atom stereocenters. The van der Waals surface area contributed by atoms with Crippen molar-refractivity contribution >= 4 is 35.7 Å². The second kappa shape index (κ2) is 13.8. The number of carbonyl (C=O) groups is 4. The summed E-state index contributed by atoms with van der Waals surface area (Å²) < 4.78 is 15.9. The molecule has 3 atom stereocenters. The lowest BCUT2D eigenvalue weighted by molar-refractivity contribution is -0.147. The molecule has 0 aliphatic heterocycles. The predicted molar refractivity (Wildman–Crippen MR) is 146 cm³/mol. The highest BCUT2D eigenvalue weighted by Crippen LogP contribution is 2.42. The maximum atomic E-state index is 12.8. The number of amides is 3. The van der Waals surface area contributed by atoms with Gasteiger partial charge in [0.05, 0.1) is 0 Å². The van der Waals surface area contributed by atoms with Crippen molar-refractivity contribution < 1.29 is 33.4 Å². The van der Waals surface area contributed by atoms with Crippen LogP contribution in [0.25, 0.3) is 0 Å². The number of hydrazine groups is 1. The molecular weight excluding hydrogens is 528 g/mol. The van der Waals surface area contributed by atoms with Gasteiger partial charge in [0.1, 0.15) is 24.4 Å². The molecule has 0 saturated heterocycles. The van der Waals surface area contributed by atoms with Gasteiger partial charge in [-0.2, -0.15) is 0 Å². The van der Waals surface area contributed by atoms with E-state index >= 15 is 0 Å². The summed E-state index contributed by atoms with van der Waals surface area (Å²) in [6.45, 7) is 10.8. The standard InChI is InChI=1S/C27H41ClN4O7/c1-26(2,3)38-24(35)29-14-18-12-20(18)21(30-25(36)39-27(4,5)6)13-22(33)31-32(7)15-23(34)37-16-17-9-8-10-19(28)11-17/h8-11,18,20-21H,12-16H2,1-7H3,(H,29,35)(H,30,36)(H,31,33)/t18-,20-,21+/m0/s1. The number of hydrogen-bond donors (Lipinski definition) is 3. The normalized spacial score (nSPS) is 17.6. The lowest BCUT2D eigenvalue weighted by Gasteiger charge is -2.25. The molecule has 0 heterocycles. The van der Waals surface area contributed by atoms with Crippen LogP contribution in [0.5, 0.6) is 0 Å². The molecule has 218 valence electrons. The fourth-order valence-corrected chi connectivity index (χ4v) is 4.04. The zero-order valence-corrected chi connectivity index (χ0v) is 24.5. The van der Waals surface area contributed by atoms with Crippen LogP contribution >= 0.6 is 11.6 Å². The fraction of sp³-hybridized carbons (Fsp3) is 0.630. The summed E-state index contributed by atoms with van der Waals surface area (Å²) in [5, 5.41) is 7.39. The van der Waals surface area contributed by atoms with E-state index in [4.69, 9.17) is 25.8 Å². The maximum absolute atomic E-state index is 12.8. The molecule has 2 rings (SSSR count). The average Bonchev–Trinajstić information content (AvgIpc) is 3.53. The van der Waals surface area contributed by atoms with Crippen molar-refractivity contribution in [1.29, 1.82) is 0 Å². The van der Waals surface area contributed by atoms with Crippen molar-refractivity contribution in [1.82, 2.24) is 21.1 Å². The minimum absolute atomic E-state index is 0.0469. The average molecular weight is 569 g/mol. The molecule has 0 bridgehead atoms. The van der Waals surface area contributed by atoms with Crippen LogP contribution in [0.2, 0.25) is 5.02 Å². The predicted octanol–water partition coefficient (Wildman–Crippen LogP) is 3.79. The van der Waals surface area contributed by atoms with Gasteiger partial charge in [0.15, 0.2) is 0 Å². The van der Waals surface area contributed by atoms with Gasteiger partial charge in [0.2, 0.25) is 5.91 Å². The summed E-state index contributed by atoms with van der Waals surface area (Å²) in [7, 11) is 1.54. The first-order chi connectivity index (χ1) is 18.0. The van der Waals surface area contributed by atoms with Crippen molar-refractivity contribution in [2.45, 2.75) is 78.2 Å². The smallest absolute Gasteiger partial charge is 0.407 e. The summed E-state index contributed by atoms with van der Waals surface area (Å²) in [5.74, 6) is -0.917. The lowest BCUT2D eigenvalue weighted by Crippen LogP contribution is -2.47. The Labute approximate surface area is 235 Å². The Morgan fingerprint density at radius 1 is 1.05 bits per heavy atom. The zero-order chi connectivity index (χ0) is 29.4. The third-order valence-corrected chi connectivity index (χ3v) is 5.71. The van der Waals surface area contributed by atoms with Gasteiger partial charge in [-0.15, -0.1) is 0 Å². The van der Waals surface area contributed by atoms with Crippen LogP contribution in [0.4, 0.5) is 9.59 Å². The van der Waals surface area contributed by atoms with E-state index in [1.807, 2.05) is 0 Å². The van der Waals surface area contributed by atoms with E-state index in [9.17, 15) is 19.2 Å². The molecule has 1 aliphatic rings. The van der Waals surface area contributed by atoms with Crippen LogP contribution in [-0.4, -0.2) is 66.5 Å². The molecule has 1 aromatic rings. The Morgan fingerprint density at radius 3 is 2.31 bits per heavy atom. The molecule has 12 heteroatoms. The van der Waals surface area contributed by atoms with E-state index in [1.165, 1.54) is 5.01 Å². The second-order valence-corrected chi connectivity index (χ2v) is 12.1.